The van der Waals surface area contributed by atoms with Gasteiger partial charge in [-0.1, -0.05) is 6.08 Å². The van der Waals surface area contributed by atoms with Gasteiger partial charge in [-0.3, -0.25) is 9.48 Å². The van der Waals surface area contributed by atoms with Gasteiger partial charge in [-0.25, -0.2) is 0 Å². The lowest BCUT2D eigenvalue weighted by molar-refractivity contribution is -0.104. The third kappa shape index (κ3) is 2.80. The number of carbonyl (C=O) groups is 1. The second-order valence-electron chi connectivity index (χ2n) is 2.12. The summed E-state index contributed by atoms with van der Waals surface area (Å²) in [5.41, 5.74) is 0. The fourth-order valence-corrected chi connectivity index (χ4v) is 0.791. The van der Waals surface area contributed by atoms with Crippen LogP contribution in [0.15, 0.2) is 30.6 Å². The Labute approximate surface area is 65.3 Å². The molecule has 0 fully saturated rings. The minimum absolute atomic E-state index is 0.781. The van der Waals surface area contributed by atoms with E-state index < -0.39 is 0 Å². The van der Waals surface area contributed by atoms with E-state index in [1.165, 1.54) is 6.08 Å². The monoisotopic (exact) mass is 150 g/mol. The van der Waals surface area contributed by atoms with Crippen LogP contribution in [0.1, 0.15) is 6.42 Å². The van der Waals surface area contributed by atoms with Crippen molar-refractivity contribution in [3.63, 3.8) is 0 Å². The molecule has 0 bridgehead atoms. The SMILES string of the molecule is O=C/C=C/CCn1cccn1. The van der Waals surface area contributed by atoms with Crippen molar-refractivity contribution >= 4 is 6.29 Å². The molecule has 0 spiro atoms. The molecule has 0 saturated heterocycles. The van der Waals surface area contributed by atoms with Gasteiger partial charge < -0.3 is 0 Å². The summed E-state index contributed by atoms with van der Waals surface area (Å²) in [4.78, 5) is 9.86. The van der Waals surface area contributed by atoms with Gasteiger partial charge in [0.2, 0.25) is 0 Å². The minimum atomic E-state index is 0.781. The highest BCUT2D eigenvalue weighted by Gasteiger charge is 1.85. The second-order valence-corrected chi connectivity index (χ2v) is 2.12. The zero-order valence-corrected chi connectivity index (χ0v) is 6.18. The fourth-order valence-electron chi connectivity index (χ4n) is 0.791. The maximum absolute atomic E-state index is 9.86. The van der Waals surface area contributed by atoms with Crippen LogP contribution in [0.4, 0.5) is 0 Å². The molecule has 0 aliphatic heterocycles. The highest BCUT2D eigenvalue weighted by atomic mass is 16.1. The highest BCUT2D eigenvalue weighted by Crippen LogP contribution is 1.89. The highest BCUT2D eigenvalue weighted by molar-refractivity contribution is 5.64. The lowest BCUT2D eigenvalue weighted by Gasteiger charge is -1.94. The Morgan fingerprint density at radius 1 is 1.55 bits per heavy atom. The Bertz CT molecular complexity index is 226. The summed E-state index contributed by atoms with van der Waals surface area (Å²) >= 11 is 0. The molecular weight excluding hydrogens is 140 g/mol. The Morgan fingerprint density at radius 3 is 3.09 bits per heavy atom. The average Bonchev–Trinajstić information content (AvgIpc) is 2.50. The molecule has 1 aromatic rings. The van der Waals surface area contributed by atoms with Crippen LogP contribution in [0.2, 0.25) is 0 Å². The number of aromatic nitrogens is 2. The van der Waals surface area contributed by atoms with Crippen molar-refractivity contribution in [2.45, 2.75) is 13.0 Å². The van der Waals surface area contributed by atoms with E-state index in [1.807, 2.05) is 23.0 Å². The van der Waals surface area contributed by atoms with Gasteiger partial charge >= 0.3 is 0 Å². The van der Waals surface area contributed by atoms with Crippen LogP contribution in [0, 0.1) is 0 Å². The van der Waals surface area contributed by atoms with E-state index in [0.29, 0.717) is 0 Å². The third-order valence-electron chi connectivity index (χ3n) is 1.30. The van der Waals surface area contributed by atoms with E-state index in [9.17, 15) is 4.79 Å². The fraction of sp³-hybridized carbons (Fsp3) is 0.250. The van der Waals surface area contributed by atoms with E-state index in [-0.39, 0.29) is 0 Å². The number of carbonyl (C=O) groups excluding carboxylic acids is 1. The molecule has 3 heteroatoms. The molecule has 0 aromatic carbocycles. The van der Waals surface area contributed by atoms with E-state index in [1.54, 1.807) is 6.20 Å². The maximum atomic E-state index is 9.86. The number of hydrogen-bond acceptors (Lipinski definition) is 2. The molecule has 1 rings (SSSR count). The Hall–Kier alpha value is -1.38. The van der Waals surface area contributed by atoms with Crippen molar-refractivity contribution in [1.82, 2.24) is 9.78 Å². The van der Waals surface area contributed by atoms with Gasteiger partial charge in [0.15, 0.2) is 0 Å². The first kappa shape index (κ1) is 7.72. The quantitative estimate of drug-likeness (QED) is 0.474. The molecule has 0 saturated carbocycles. The largest absolute Gasteiger partial charge is 0.299 e. The van der Waals surface area contributed by atoms with Gasteiger partial charge in [0, 0.05) is 18.9 Å². The maximum Gasteiger partial charge on any atom is 0.142 e. The summed E-state index contributed by atoms with van der Waals surface area (Å²) in [5.74, 6) is 0. The van der Waals surface area contributed by atoms with Crippen LogP contribution in [-0.4, -0.2) is 16.1 Å². The van der Waals surface area contributed by atoms with Crippen molar-refractivity contribution in [3.8, 4) is 0 Å². The molecule has 0 amide bonds. The molecule has 1 heterocycles. The first-order chi connectivity index (χ1) is 5.43. The molecule has 1 aromatic heterocycles. The molecule has 3 nitrogen and oxygen atoms in total. The predicted octanol–water partition coefficient (Wildman–Crippen LogP) is 1.03. The molecule has 0 radical (unpaired) electrons. The number of hydrogen-bond donors (Lipinski definition) is 0. The normalized spacial score (nSPS) is 10.5. The summed E-state index contributed by atoms with van der Waals surface area (Å²) in [6, 6.07) is 1.88. The topological polar surface area (TPSA) is 34.9 Å². The molecule has 0 aliphatic rings. The van der Waals surface area contributed by atoms with Crippen molar-refractivity contribution in [1.29, 1.82) is 0 Å². The van der Waals surface area contributed by atoms with Crippen molar-refractivity contribution in [2.75, 3.05) is 0 Å². The standard InChI is InChI=1S/C8H10N2O/c11-8-3-1-2-6-10-7-4-5-9-10/h1,3-5,7-8H,2,6H2/b3-1+. The van der Waals surface area contributed by atoms with Crippen LogP contribution in [0.5, 0.6) is 0 Å². The van der Waals surface area contributed by atoms with E-state index >= 15 is 0 Å². The molecule has 58 valence electrons. The number of nitrogens with zero attached hydrogens (tertiary/aromatic N) is 2. The lowest BCUT2D eigenvalue weighted by Crippen LogP contribution is -1.95. The van der Waals surface area contributed by atoms with Crippen LogP contribution in [-0.2, 0) is 11.3 Å². The molecule has 0 atom stereocenters. The van der Waals surface area contributed by atoms with Gasteiger partial charge in [-0.05, 0) is 18.6 Å². The first-order valence-corrected chi connectivity index (χ1v) is 3.51. The van der Waals surface area contributed by atoms with Gasteiger partial charge in [0.05, 0.1) is 0 Å². The zero-order valence-electron chi connectivity index (χ0n) is 6.18. The van der Waals surface area contributed by atoms with Crippen molar-refractivity contribution < 1.29 is 4.79 Å². The van der Waals surface area contributed by atoms with Crippen LogP contribution in [0.25, 0.3) is 0 Å². The number of allylic oxidation sites excluding steroid dienone is 2. The van der Waals surface area contributed by atoms with Gasteiger partial charge in [0.25, 0.3) is 0 Å². The first-order valence-electron chi connectivity index (χ1n) is 3.51. The Balaban J connectivity index is 2.23. The molecular formula is C8H10N2O. The number of rotatable bonds is 4. The smallest absolute Gasteiger partial charge is 0.142 e. The average molecular weight is 150 g/mol. The number of aryl methyl sites for hydroxylation is 1. The van der Waals surface area contributed by atoms with Crippen LogP contribution < -0.4 is 0 Å². The lowest BCUT2D eigenvalue weighted by atomic mass is 10.4. The van der Waals surface area contributed by atoms with E-state index in [4.69, 9.17) is 0 Å². The van der Waals surface area contributed by atoms with Gasteiger partial charge in [-0.15, -0.1) is 0 Å². The molecule has 11 heavy (non-hydrogen) atoms. The van der Waals surface area contributed by atoms with Crippen molar-refractivity contribution in [3.05, 3.63) is 30.6 Å². The van der Waals surface area contributed by atoms with E-state index in [2.05, 4.69) is 5.10 Å². The summed E-state index contributed by atoms with van der Waals surface area (Å²) in [6.07, 6.45) is 8.60. The van der Waals surface area contributed by atoms with Crippen LogP contribution >= 0.6 is 0 Å². The Morgan fingerprint density at radius 2 is 2.45 bits per heavy atom. The molecule has 0 N–H and O–H groups in total. The molecule has 0 aliphatic carbocycles. The summed E-state index contributed by atoms with van der Waals surface area (Å²) in [5, 5.41) is 4.01. The number of aldehydes is 1. The van der Waals surface area contributed by atoms with Crippen LogP contribution in [0.3, 0.4) is 0 Å². The van der Waals surface area contributed by atoms with Gasteiger partial charge in [-0.2, -0.15) is 5.10 Å². The summed E-state index contributed by atoms with van der Waals surface area (Å²) in [6.45, 7) is 0.831. The van der Waals surface area contributed by atoms with E-state index in [0.717, 1.165) is 19.3 Å². The molecule has 0 unspecified atom stereocenters. The second kappa shape index (κ2) is 4.44. The predicted molar refractivity (Wildman–Crippen MR) is 42.0 cm³/mol. The minimum Gasteiger partial charge on any atom is -0.299 e. The zero-order chi connectivity index (χ0) is 7.94. The van der Waals surface area contributed by atoms with Crippen molar-refractivity contribution in [2.24, 2.45) is 0 Å². The third-order valence-corrected chi connectivity index (χ3v) is 1.30. The van der Waals surface area contributed by atoms with Gasteiger partial charge in [0.1, 0.15) is 6.29 Å². The summed E-state index contributed by atoms with van der Waals surface area (Å²) in [7, 11) is 0. The Kier molecular flexibility index (Phi) is 3.12. The summed E-state index contributed by atoms with van der Waals surface area (Å²) < 4.78 is 1.83.